The second kappa shape index (κ2) is 35.9. The van der Waals surface area contributed by atoms with Crippen molar-refractivity contribution in [3.8, 4) is 0 Å². The van der Waals surface area contributed by atoms with Gasteiger partial charge in [0.05, 0.1) is 6.61 Å². The van der Waals surface area contributed by atoms with Crippen LogP contribution in [0.15, 0.2) is 24.3 Å². The molecule has 1 aliphatic rings. The maximum atomic E-state index is 12.8. The van der Waals surface area contributed by atoms with Crippen molar-refractivity contribution < 1.29 is 63.1 Å². The van der Waals surface area contributed by atoms with E-state index in [4.69, 9.17) is 18.5 Å². The van der Waals surface area contributed by atoms with E-state index in [9.17, 15) is 44.6 Å². The van der Waals surface area contributed by atoms with Gasteiger partial charge in [0.25, 0.3) is 0 Å². The minimum Gasteiger partial charge on any atom is -0.462 e. The zero-order chi connectivity index (χ0) is 43.6. The standard InChI is InChI=1S/C45H83O13P/c1-3-5-7-9-11-13-15-17-18-19-20-22-23-25-27-29-31-33-38(46)55-35-37(36-56-59(53,54)58-45-43(51)41(49)40(48)42(50)44(45)52)57-39(47)34-32-30-28-26-24-21-16-14-12-10-8-6-4-2/h14,16-18,37,40-45,48-52H,3-13,15,19-36H2,1-2H3,(H,53,54)/b16-14+,18-17+/t37-,40?,41-,42?,43?,44?,45?/m0/s1. The highest BCUT2D eigenvalue weighted by Crippen LogP contribution is 2.47. The van der Waals surface area contributed by atoms with Crippen molar-refractivity contribution in [2.24, 2.45) is 0 Å². The second-order valence-electron chi connectivity index (χ2n) is 16.3. The van der Waals surface area contributed by atoms with Crippen LogP contribution in [-0.4, -0.2) is 98.3 Å². The molecule has 14 heteroatoms. The highest BCUT2D eigenvalue weighted by atomic mass is 31.2. The first-order valence-electron chi connectivity index (χ1n) is 23.1. The molecule has 0 radical (unpaired) electrons. The SMILES string of the molecule is CCCCCC/C=C/CCCCCCCC(=O)O[C@@H](COC(=O)CCCCCCCCC/C=C/CCCCCCCC)COP(=O)(O)OC1C(O)C(O)C(O)[C@H](O)C1O. The van der Waals surface area contributed by atoms with E-state index in [0.29, 0.717) is 12.8 Å². The lowest BCUT2D eigenvalue weighted by molar-refractivity contribution is -0.220. The maximum absolute atomic E-state index is 12.8. The predicted molar refractivity (Wildman–Crippen MR) is 230 cm³/mol. The first kappa shape index (κ1) is 55.3. The molecule has 0 aromatic rings. The Bertz CT molecular complexity index is 1130. The third kappa shape index (κ3) is 28.5. The molecule has 0 aromatic heterocycles. The summed E-state index contributed by atoms with van der Waals surface area (Å²) < 4.78 is 33.5. The fraction of sp³-hybridized carbons (Fsp3) is 0.867. The van der Waals surface area contributed by atoms with Crippen LogP contribution in [0.5, 0.6) is 0 Å². The monoisotopic (exact) mass is 863 g/mol. The van der Waals surface area contributed by atoms with Crippen LogP contribution in [0.2, 0.25) is 0 Å². The summed E-state index contributed by atoms with van der Waals surface area (Å²) in [7, 11) is -5.12. The number of esters is 2. The largest absolute Gasteiger partial charge is 0.472 e. The van der Waals surface area contributed by atoms with Crippen LogP contribution in [0.25, 0.3) is 0 Å². The average Bonchev–Trinajstić information content (AvgIpc) is 3.21. The molecule has 0 aromatic carbocycles. The summed E-state index contributed by atoms with van der Waals surface area (Å²) in [5, 5.41) is 50.1. The molecule has 1 saturated carbocycles. The second-order valence-corrected chi connectivity index (χ2v) is 17.7. The molecule has 0 heterocycles. The Morgan fingerprint density at radius 2 is 0.864 bits per heavy atom. The maximum Gasteiger partial charge on any atom is 0.472 e. The van der Waals surface area contributed by atoms with Crippen LogP contribution in [0.4, 0.5) is 0 Å². The number of phosphoric ester groups is 1. The van der Waals surface area contributed by atoms with E-state index in [1.807, 2.05) is 0 Å². The normalized spacial score (nSPS) is 22.5. The van der Waals surface area contributed by atoms with Crippen LogP contribution in [0.3, 0.4) is 0 Å². The van der Waals surface area contributed by atoms with Gasteiger partial charge in [-0.25, -0.2) is 4.57 Å². The molecule has 0 aliphatic heterocycles. The Balaban J connectivity index is 2.45. The number of unbranched alkanes of at least 4 members (excludes halogenated alkanes) is 22. The average molecular weight is 863 g/mol. The predicted octanol–water partition coefficient (Wildman–Crippen LogP) is 8.84. The Hall–Kier alpha value is -1.67. The molecule has 1 aliphatic carbocycles. The van der Waals surface area contributed by atoms with Crippen molar-refractivity contribution in [3.05, 3.63) is 24.3 Å². The third-order valence-corrected chi connectivity index (χ3v) is 11.8. The molecular formula is C45H83O13P. The third-order valence-electron chi connectivity index (χ3n) is 10.8. The van der Waals surface area contributed by atoms with E-state index in [0.717, 1.165) is 70.6 Å². The van der Waals surface area contributed by atoms with Gasteiger partial charge in [-0.1, -0.05) is 141 Å². The van der Waals surface area contributed by atoms with Gasteiger partial charge in [0.15, 0.2) is 6.10 Å². The summed E-state index contributed by atoms with van der Waals surface area (Å²) in [5.74, 6) is -1.11. The van der Waals surface area contributed by atoms with Gasteiger partial charge in [-0.05, 0) is 64.2 Å². The molecule has 0 bridgehead atoms. The molecule has 6 unspecified atom stereocenters. The van der Waals surface area contributed by atoms with E-state index >= 15 is 0 Å². The highest BCUT2D eigenvalue weighted by Gasteiger charge is 2.51. The Kier molecular flexibility index (Phi) is 33.7. The molecule has 6 N–H and O–H groups in total. The quantitative estimate of drug-likeness (QED) is 0.0149. The number of aliphatic hydroxyl groups excluding tert-OH is 5. The number of carbonyl (C=O) groups excluding carboxylic acids is 2. The Morgan fingerprint density at radius 3 is 1.31 bits per heavy atom. The zero-order valence-corrected chi connectivity index (χ0v) is 37.4. The van der Waals surface area contributed by atoms with Gasteiger partial charge < -0.3 is 39.9 Å². The Labute approximate surface area is 356 Å². The molecule has 13 nitrogen and oxygen atoms in total. The van der Waals surface area contributed by atoms with E-state index in [1.54, 1.807) is 0 Å². The first-order valence-corrected chi connectivity index (χ1v) is 24.6. The minimum atomic E-state index is -5.12. The number of allylic oxidation sites excluding steroid dienone is 4. The van der Waals surface area contributed by atoms with Gasteiger partial charge >= 0.3 is 19.8 Å². The summed E-state index contributed by atoms with van der Waals surface area (Å²) in [6, 6.07) is 0. The number of carbonyl (C=O) groups is 2. The van der Waals surface area contributed by atoms with Crippen molar-refractivity contribution >= 4 is 19.8 Å². The van der Waals surface area contributed by atoms with Crippen LogP contribution in [0.1, 0.15) is 194 Å². The molecule has 0 amide bonds. The number of rotatable bonds is 38. The molecule has 0 saturated heterocycles. The van der Waals surface area contributed by atoms with Crippen molar-refractivity contribution in [1.29, 1.82) is 0 Å². The fourth-order valence-corrected chi connectivity index (χ4v) is 7.95. The van der Waals surface area contributed by atoms with Crippen molar-refractivity contribution in [1.82, 2.24) is 0 Å². The number of hydrogen-bond donors (Lipinski definition) is 6. The highest BCUT2D eigenvalue weighted by molar-refractivity contribution is 7.47. The molecule has 1 fully saturated rings. The van der Waals surface area contributed by atoms with Crippen LogP contribution in [0, 0.1) is 0 Å². The van der Waals surface area contributed by atoms with Crippen LogP contribution in [-0.2, 0) is 32.7 Å². The van der Waals surface area contributed by atoms with E-state index in [2.05, 4.69) is 38.2 Å². The van der Waals surface area contributed by atoms with Crippen LogP contribution >= 0.6 is 7.82 Å². The summed E-state index contributed by atoms with van der Waals surface area (Å²) >= 11 is 0. The molecule has 0 spiro atoms. The fourth-order valence-electron chi connectivity index (χ4n) is 6.98. The van der Waals surface area contributed by atoms with Crippen molar-refractivity contribution in [2.45, 2.75) is 236 Å². The summed E-state index contributed by atoms with van der Waals surface area (Å²) in [6.07, 6.45) is 25.2. The van der Waals surface area contributed by atoms with Gasteiger partial charge in [0.1, 0.15) is 43.2 Å². The van der Waals surface area contributed by atoms with Gasteiger partial charge in [-0.15, -0.1) is 0 Å². The molecule has 1 rings (SSSR count). The number of phosphoric acid groups is 1. The van der Waals surface area contributed by atoms with Gasteiger partial charge in [-0.2, -0.15) is 0 Å². The van der Waals surface area contributed by atoms with Crippen LogP contribution < -0.4 is 0 Å². The number of hydrogen-bond acceptors (Lipinski definition) is 12. The van der Waals surface area contributed by atoms with Crippen molar-refractivity contribution in [2.75, 3.05) is 13.2 Å². The van der Waals surface area contributed by atoms with E-state index in [-0.39, 0.29) is 12.8 Å². The lowest BCUT2D eigenvalue weighted by Crippen LogP contribution is -2.64. The molecule has 346 valence electrons. The summed E-state index contributed by atoms with van der Waals surface area (Å²) in [4.78, 5) is 35.7. The molecular weight excluding hydrogens is 779 g/mol. The van der Waals surface area contributed by atoms with E-state index < -0.39 is 75.7 Å². The Morgan fingerprint density at radius 1 is 0.508 bits per heavy atom. The van der Waals surface area contributed by atoms with Gasteiger partial charge in [0, 0.05) is 12.8 Å². The topological polar surface area (TPSA) is 210 Å². The first-order chi connectivity index (χ1) is 28.4. The lowest BCUT2D eigenvalue weighted by Gasteiger charge is -2.41. The zero-order valence-electron chi connectivity index (χ0n) is 36.6. The number of ether oxygens (including phenoxy) is 2. The summed E-state index contributed by atoms with van der Waals surface area (Å²) in [6.45, 7) is 3.27. The van der Waals surface area contributed by atoms with Crippen molar-refractivity contribution in [3.63, 3.8) is 0 Å². The van der Waals surface area contributed by atoms with Gasteiger partial charge in [0.2, 0.25) is 0 Å². The molecule has 59 heavy (non-hydrogen) atoms. The molecule has 8 atom stereocenters. The number of aliphatic hydroxyl groups is 5. The smallest absolute Gasteiger partial charge is 0.462 e. The lowest BCUT2D eigenvalue weighted by atomic mass is 9.85. The minimum absolute atomic E-state index is 0.0872. The summed E-state index contributed by atoms with van der Waals surface area (Å²) in [5.41, 5.74) is 0. The van der Waals surface area contributed by atoms with E-state index in [1.165, 1.54) is 83.5 Å². The van der Waals surface area contributed by atoms with Gasteiger partial charge in [-0.3, -0.25) is 18.6 Å².